The van der Waals surface area contributed by atoms with E-state index in [-0.39, 0.29) is 6.10 Å². The van der Waals surface area contributed by atoms with Crippen molar-refractivity contribution in [2.45, 2.75) is 38.3 Å². The summed E-state index contributed by atoms with van der Waals surface area (Å²) in [6.45, 7) is 5.21. The molecule has 4 heterocycles. The first-order valence-electron chi connectivity index (χ1n) is 9.67. The van der Waals surface area contributed by atoms with Gasteiger partial charge in [0.15, 0.2) is 5.82 Å². The minimum absolute atomic E-state index is 0.203. The topological polar surface area (TPSA) is 65.5 Å². The first kappa shape index (κ1) is 16.6. The summed E-state index contributed by atoms with van der Waals surface area (Å²) in [6.07, 6.45) is 5.32. The fraction of sp³-hybridized carbons (Fsp3) is 0.500. The molecular weight excluding hydrogens is 344 g/mol. The van der Waals surface area contributed by atoms with E-state index in [2.05, 4.69) is 50.1 Å². The Morgan fingerprint density at radius 1 is 1.15 bits per heavy atom. The van der Waals surface area contributed by atoms with Gasteiger partial charge in [0.1, 0.15) is 11.9 Å². The van der Waals surface area contributed by atoms with Crippen LogP contribution in [0.1, 0.15) is 31.1 Å². The summed E-state index contributed by atoms with van der Waals surface area (Å²) >= 11 is 0. The Morgan fingerprint density at radius 2 is 2.04 bits per heavy atom. The quantitative estimate of drug-likeness (QED) is 0.704. The summed E-state index contributed by atoms with van der Waals surface area (Å²) < 4.78 is 19.6. The highest BCUT2D eigenvalue weighted by Gasteiger charge is 2.25. The van der Waals surface area contributed by atoms with Gasteiger partial charge >= 0.3 is 6.01 Å². The van der Waals surface area contributed by atoms with Gasteiger partial charge in [-0.15, -0.1) is 0 Å². The van der Waals surface area contributed by atoms with Crippen LogP contribution >= 0.6 is 0 Å². The van der Waals surface area contributed by atoms with Gasteiger partial charge in [0.25, 0.3) is 0 Å². The number of ether oxygens (including phenoxy) is 2. The maximum atomic E-state index is 6.40. The van der Waals surface area contributed by atoms with Crippen LogP contribution in [0.2, 0.25) is 0 Å². The van der Waals surface area contributed by atoms with Crippen LogP contribution in [0.15, 0.2) is 35.0 Å². The van der Waals surface area contributed by atoms with E-state index in [1.165, 1.54) is 10.9 Å². The Hall–Kier alpha value is -2.54. The van der Waals surface area contributed by atoms with Crippen molar-refractivity contribution in [1.82, 2.24) is 14.7 Å². The van der Waals surface area contributed by atoms with Crippen LogP contribution in [0.3, 0.4) is 0 Å². The molecule has 7 heteroatoms. The molecule has 0 N–H and O–H groups in total. The number of fused-ring (bicyclic) bond motifs is 1. The molecule has 27 heavy (non-hydrogen) atoms. The second-order valence-corrected chi connectivity index (χ2v) is 7.36. The number of rotatable bonds is 4. The van der Waals surface area contributed by atoms with Gasteiger partial charge in [-0.05, 0) is 31.5 Å². The fourth-order valence-corrected chi connectivity index (χ4v) is 4.08. The van der Waals surface area contributed by atoms with Crippen LogP contribution in [0.5, 0.6) is 5.75 Å². The smallest absolute Gasteiger partial charge is 0.324 e. The zero-order valence-electron chi connectivity index (χ0n) is 15.5. The molecule has 1 atom stereocenters. The standard InChI is InChI=1S/C20H24N4O3/c1-14-21-20(27-22-14)23-9-5-16(6-10-23)26-19-4-2-3-18-17(19)7-11-24(18)15-8-12-25-13-15/h2-4,7,11,15-16H,5-6,8-10,12-13H2,1H3. The summed E-state index contributed by atoms with van der Waals surface area (Å²) in [4.78, 5) is 6.46. The largest absolute Gasteiger partial charge is 0.490 e. The minimum Gasteiger partial charge on any atom is -0.490 e. The molecule has 7 nitrogen and oxygen atoms in total. The van der Waals surface area contributed by atoms with Crippen LogP contribution in [0.25, 0.3) is 10.9 Å². The van der Waals surface area contributed by atoms with E-state index in [0.29, 0.717) is 17.9 Å². The molecule has 1 unspecified atom stereocenters. The highest BCUT2D eigenvalue weighted by molar-refractivity contribution is 5.86. The Bertz CT molecular complexity index is 920. The molecule has 5 rings (SSSR count). The van der Waals surface area contributed by atoms with E-state index in [0.717, 1.165) is 51.3 Å². The van der Waals surface area contributed by atoms with Gasteiger partial charge in [-0.2, -0.15) is 4.98 Å². The van der Waals surface area contributed by atoms with Crippen LogP contribution in [0.4, 0.5) is 6.01 Å². The molecule has 0 spiro atoms. The van der Waals surface area contributed by atoms with E-state index in [4.69, 9.17) is 14.0 Å². The number of nitrogens with zero attached hydrogens (tertiary/aromatic N) is 4. The Balaban J connectivity index is 1.29. The van der Waals surface area contributed by atoms with Gasteiger partial charge in [0.05, 0.1) is 18.2 Å². The molecule has 0 bridgehead atoms. The summed E-state index contributed by atoms with van der Waals surface area (Å²) in [6, 6.07) is 9.54. The fourth-order valence-electron chi connectivity index (χ4n) is 4.08. The zero-order chi connectivity index (χ0) is 18.2. The van der Waals surface area contributed by atoms with Gasteiger partial charge in [-0.3, -0.25) is 0 Å². The van der Waals surface area contributed by atoms with E-state index in [9.17, 15) is 0 Å². The first-order valence-corrected chi connectivity index (χ1v) is 9.67. The summed E-state index contributed by atoms with van der Waals surface area (Å²) in [5.74, 6) is 1.64. The predicted octanol–water partition coefficient (Wildman–Crippen LogP) is 3.34. The average Bonchev–Trinajstić information content (AvgIpc) is 3.42. The molecule has 142 valence electrons. The van der Waals surface area contributed by atoms with Crippen molar-refractivity contribution in [1.29, 1.82) is 0 Å². The molecule has 2 saturated heterocycles. The van der Waals surface area contributed by atoms with E-state index < -0.39 is 0 Å². The lowest BCUT2D eigenvalue weighted by Gasteiger charge is -2.30. The molecule has 2 fully saturated rings. The maximum Gasteiger partial charge on any atom is 0.324 e. The number of anilines is 1. The molecule has 0 saturated carbocycles. The van der Waals surface area contributed by atoms with E-state index in [1.54, 1.807) is 0 Å². The van der Waals surface area contributed by atoms with Crippen LogP contribution in [-0.2, 0) is 4.74 Å². The highest BCUT2D eigenvalue weighted by Crippen LogP contribution is 2.32. The van der Waals surface area contributed by atoms with Crippen molar-refractivity contribution in [2.75, 3.05) is 31.2 Å². The molecule has 1 aromatic carbocycles. The Labute approximate surface area is 157 Å². The average molecular weight is 368 g/mol. The minimum atomic E-state index is 0.203. The monoisotopic (exact) mass is 368 g/mol. The number of aromatic nitrogens is 3. The summed E-state index contributed by atoms with van der Waals surface area (Å²) in [5, 5.41) is 5.06. The highest BCUT2D eigenvalue weighted by atomic mass is 16.5. The van der Waals surface area contributed by atoms with E-state index in [1.807, 2.05) is 6.92 Å². The van der Waals surface area contributed by atoms with Crippen LogP contribution in [-0.4, -0.2) is 47.1 Å². The molecular formula is C20H24N4O3. The lowest BCUT2D eigenvalue weighted by atomic mass is 10.1. The van der Waals surface area contributed by atoms with Gasteiger partial charge in [-0.25, -0.2) is 0 Å². The van der Waals surface area contributed by atoms with Gasteiger partial charge in [-0.1, -0.05) is 11.2 Å². The Kier molecular flexibility index (Phi) is 4.24. The van der Waals surface area contributed by atoms with E-state index >= 15 is 0 Å². The number of benzene rings is 1. The third-order valence-corrected chi connectivity index (χ3v) is 5.55. The van der Waals surface area contributed by atoms with Gasteiger partial charge in [0.2, 0.25) is 0 Å². The van der Waals surface area contributed by atoms with Crippen molar-refractivity contribution >= 4 is 16.9 Å². The maximum absolute atomic E-state index is 6.40. The van der Waals surface area contributed by atoms with Crippen molar-refractivity contribution < 1.29 is 14.0 Å². The predicted molar refractivity (Wildman–Crippen MR) is 101 cm³/mol. The van der Waals surface area contributed by atoms with Gasteiger partial charge < -0.3 is 23.5 Å². The molecule has 0 amide bonds. The number of hydrogen-bond donors (Lipinski definition) is 0. The van der Waals surface area contributed by atoms with Crippen molar-refractivity contribution in [3.8, 4) is 5.75 Å². The summed E-state index contributed by atoms with van der Waals surface area (Å²) in [7, 11) is 0. The molecule has 2 aliphatic rings. The normalized spacial score (nSPS) is 21.2. The van der Waals surface area contributed by atoms with Crippen molar-refractivity contribution in [3.05, 3.63) is 36.3 Å². The second-order valence-electron chi connectivity index (χ2n) is 7.36. The number of hydrogen-bond acceptors (Lipinski definition) is 6. The zero-order valence-corrected chi connectivity index (χ0v) is 15.5. The molecule has 0 aliphatic carbocycles. The third kappa shape index (κ3) is 3.16. The lowest BCUT2D eigenvalue weighted by molar-refractivity contribution is 0.170. The van der Waals surface area contributed by atoms with Crippen molar-refractivity contribution in [3.63, 3.8) is 0 Å². The lowest BCUT2D eigenvalue weighted by Crippen LogP contribution is -2.38. The SMILES string of the molecule is Cc1noc(N2CCC(Oc3cccc4c3ccn4C3CCOC3)CC2)n1. The Morgan fingerprint density at radius 3 is 2.78 bits per heavy atom. The first-order chi connectivity index (χ1) is 13.3. The number of aryl methyl sites for hydroxylation is 1. The molecule has 2 aliphatic heterocycles. The van der Waals surface area contributed by atoms with Crippen molar-refractivity contribution in [2.24, 2.45) is 0 Å². The van der Waals surface area contributed by atoms with Gasteiger partial charge in [0, 0.05) is 44.1 Å². The van der Waals surface area contributed by atoms with Crippen LogP contribution < -0.4 is 9.64 Å². The molecule has 2 aromatic heterocycles. The molecule has 0 radical (unpaired) electrons. The second kappa shape index (κ2) is 6.88. The molecule has 3 aromatic rings. The number of piperidine rings is 1. The summed E-state index contributed by atoms with van der Waals surface area (Å²) in [5.41, 5.74) is 1.22. The third-order valence-electron chi connectivity index (χ3n) is 5.55. The van der Waals surface area contributed by atoms with Crippen LogP contribution in [0, 0.1) is 6.92 Å².